The molecule has 128 valence electrons. The minimum absolute atomic E-state index is 0.152. The topological polar surface area (TPSA) is 129 Å². The van der Waals surface area contributed by atoms with E-state index in [1.165, 1.54) is 25.1 Å². The van der Waals surface area contributed by atoms with Crippen LogP contribution in [0.25, 0.3) is 32.3 Å². The third-order valence-electron chi connectivity index (χ3n) is 4.66. The normalized spacial score (nSPS) is 11.6. The van der Waals surface area contributed by atoms with Crippen LogP contribution in [0, 0.1) is 6.92 Å². The van der Waals surface area contributed by atoms with Crippen molar-refractivity contribution in [3.63, 3.8) is 0 Å². The second kappa shape index (κ2) is 4.89. The van der Waals surface area contributed by atoms with E-state index in [0.717, 1.165) is 6.07 Å². The van der Waals surface area contributed by atoms with Gasteiger partial charge in [-0.25, -0.2) is 0 Å². The Kier molecular flexibility index (Phi) is 2.96. The van der Waals surface area contributed by atoms with Crippen LogP contribution in [0.5, 0.6) is 17.2 Å². The molecule has 0 saturated heterocycles. The molecule has 0 unspecified atom stereocenters. The maximum Gasteiger partial charge on any atom is 0.229 e. The molecule has 0 atom stereocenters. The van der Waals surface area contributed by atoms with E-state index in [4.69, 9.17) is 0 Å². The van der Waals surface area contributed by atoms with Gasteiger partial charge in [-0.2, -0.15) is 0 Å². The molecule has 7 heteroatoms. The van der Waals surface area contributed by atoms with E-state index in [0.29, 0.717) is 0 Å². The first-order valence-electron chi connectivity index (χ1n) is 7.56. The third-order valence-corrected chi connectivity index (χ3v) is 4.66. The number of aromatic hydroxyl groups is 3. The molecule has 4 aromatic rings. The Morgan fingerprint density at radius 3 is 2.04 bits per heavy atom. The first kappa shape index (κ1) is 15.8. The van der Waals surface area contributed by atoms with Crippen LogP contribution in [0.2, 0.25) is 0 Å². The Labute approximate surface area is 143 Å². The lowest BCUT2D eigenvalue weighted by molar-refractivity contribution is 0.466. The molecule has 0 aliphatic rings. The standard InChI is InChI=1S/C19H10O7/c1-6-15(22)8-5-10(21)13-14(12(8)19(26)16(6)23)17(24)7-3-2-4-9(20)11(7)18(13)25/h2-5,20-21,23H,1H3. The first-order valence-corrected chi connectivity index (χ1v) is 7.56. The predicted molar refractivity (Wildman–Crippen MR) is 96.1 cm³/mol. The van der Waals surface area contributed by atoms with Gasteiger partial charge in [0.2, 0.25) is 10.9 Å². The summed E-state index contributed by atoms with van der Waals surface area (Å²) in [5.74, 6) is -1.90. The first-order chi connectivity index (χ1) is 12.3. The van der Waals surface area contributed by atoms with Crippen molar-refractivity contribution >= 4 is 32.3 Å². The molecule has 3 N–H and O–H groups in total. The average molecular weight is 350 g/mol. The summed E-state index contributed by atoms with van der Waals surface area (Å²) >= 11 is 0. The molecular formula is C19H10O7. The van der Waals surface area contributed by atoms with Gasteiger partial charge in [0, 0.05) is 27.1 Å². The van der Waals surface area contributed by atoms with Crippen molar-refractivity contribution < 1.29 is 15.3 Å². The molecule has 4 aromatic carbocycles. The van der Waals surface area contributed by atoms with Crippen molar-refractivity contribution in [2.75, 3.05) is 0 Å². The van der Waals surface area contributed by atoms with Gasteiger partial charge in [-0.3, -0.25) is 19.2 Å². The summed E-state index contributed by atoms with van der Waals surface area (Å²) in [7, 11) is 0. The highest BCUT2D eigenvalue weighted by Gasteiger charge is 2.23. The summed E-state index contributed by atoms with van der Waals surface area (Å²) in [4.78, 5) is 50.6. The molecule has 0 saturated carbocycles. The number of benzene rings is 4. The number of rotatable bonds is 0. The fourth-order valence-corrected chi connectivity index (χ4v) is 3.37. The smallest absolute Gasteiger partial charge is 0.229 e. The summed E-state index contributed by atoms with van der Waals surface area (Å²) in [5, 5.41) is 28.1. The molecule has 0 amide bonds. The zero-order chi connectivity index (χ0) is 18.9. The lowest BCUT2D eigenvalue weighted by Gasteiger charge is -2.08. The number of phenolic OH excluding ortho intramolecular Hbond substituents is 3. The van der Waals surface area contributed by atoms with Crippen LogP contribution >= 0.6 is 0 Å². The molecule has 0 fully saturated rings. The van der Waals surface area contributed by atoms with Gasteiger partial charge in [-0.1, -0.05) is 12.1 Å². The van der Waals surface area contributed by atoms with Crippen molar-refractivity contribution in [2.45, 2.75) is 6.92 Å². The van der Waals surface area contributed by atoms with E-state index in [-0.39, 0.29) is 21.7 Å². The lowest BCUT2D eigenvalue weighted by Crippen LogP contribution is -2.20. The van der Waals surface area contributed by atoms with E-state index in [1.807, 2.05) is 0 Å². The van der Waals surface area contributed by atoms with Crippen LogP contribution in [0.1, 0.15) is 5.56 Å². The summed E-state index contributed by atoms with van der Waals surface area (Å²) in [5.41, 5.74) is -3.56. The molecule has 4 rings (SSSR count). The highest BCUT2D eigenvalue weighted by molar-refractivity contribution is 6.15. The molecule has 0 aliphatic carbocycles. The fourth-order valence-electron chi connectivity index (χ4n) is 3.37. The van der Waals surface area contributed by atoms with Crippen molar-refractivity contribution in [2.24, 2.45) is 0 Å². The van der Waals surface area contributed by atoms with Crippen LogP contribution in [-0.4, -0.2) is 15.3 Å². The largest absolute Gasteiger partial charge is 0.507 e. The van der Waals surface area contributed by atoms with Crippen LogP contribution in [0.4, 0.5) is 0 Å². The Hall–Kier alpha value is -3.74. The summed E-state index contributed by atoms with van der Waals surface area (Å²) < 4.78 is 0. The minimum Gasteiger partial charge on any atom is -0.507 e. The van der Waals surface area contributed by atoms with Crippen molar-refractivity contribution in [3.8, 4) is 17.2 Å². The number of fused-ring (bicyclic) bond motifs is 4. The van der Waals surface area contributed by atoms with Crippen molar-refractivity contribution in [3.05, 3.63) is 70.7 Å². The number of phenols is 3. The van der Waals surface area contributed by atoms with Crippen LogP contribution in [0.15, 0.2) is 43.4 Å². The van der Waals surface area contributed by atoms with E-state index in [9.17, 15) is 34.5 Å². The average Bonchev–Trinajstić information content (AvgIpc) is 2.61. The van der Waals surface area contributed by atoms with Crippen LogP contribution < -0.4 is 21.7 Å². The molecule has 0 spiro atoms. The molecule has 0 aliphatic heterocycles. The van der Waals surface area contributed by atoms with Gasteiger partial charge < -0.3 is 15.3 Å². The Morgan fingerprint density at radius 2 is 1.35 bits per heavy atom. The highest BCUT2D eigenvalue weighted by Crippen LogP contribution is 2.30. The monoisotopic (exact) mass is 350 g/mol. The predicted octanol–water partition coefficient (Wildman–Crippen LogP) is 0.888. The van der Waals surface area contributed by atoms with Crippen molar-refractivity contribution in [1.29, 1.82) is 0 Å². The number of hydrogen-bond acceptors (Lipinski definition) is 7. The minimum atomic E-state index is -0.974. The maximum atomic E-state index is 12.9. The Balaban J connectivity index is 2.56. The van der Waals surface area contributed by atoms with Gasteiger partial charge >= 0.3 is 0 Å². The van der Waals surface area contributed by atoms with Gasteiger partial charge in [0.25, 0.3) is 0 Å². The highest BCUT2D eigenvalue weighted by atomic mass is 16.3. The SMILES string of the molecule is Cc1c(O)c(=O)c2c(cc(O)c3c(=O)c4c(O)cccc4c(=O)c32)c1=O. The number of hydrogen-bond donors (Lipinski definition) is 3. The van der Waals surface area contributed by atoms with Gasteiger partial charge in [0.1, 0.15) is 11.5 Å². The Morgan fingerprint density at radius 1 is 0.654 bits per heavy atom. The molecule has 7 nitrogen and oxygen atoms in total. The van der Waals surface area contributed by atoms with Gasteiger partial charge in [-0.05, 0) is 19.1 Å². The molecule has 0 radical (unpaired) electrons. The van der Waals surface area contributed by atoms with Gasteiger partial charge in [-0.15, -0.1) is 0 Å². The lowest BCUT2D eigenvalue weighted by atomic mass is 9.94. The Bertz CT molecular complexity index is 1490. The summed E-state index contributed by atoms with van der Waals surface area (Å²) in [6.07, 6.45) is 0. The van der Waals surface area contributed by atoms with E-state index >= 15 is 0 Å². The second-order valence-electron chi connectivity index (χ2n) is 6.06. The maximum absolute atomic E-state index is 12.9. The quantitative estimate of drug-likeness (QED) is 0.317. The molecule has 0 bridgehead atoms. The van der Waals surface area contributed by atoms with Gasteiger partial charge in [0.15, 0.2) is 16.6 Å². The van der Waals surface area contributed by atoms with Crippen LogP contribution in [-0.2, 0) is 0 Å². The van der Waals surface area contributed by atoms with E-state index in [1.54, 1.807) is 0 Å². The molecule has 26 heavy (non-hydrogen) atoms. The van der Waals surface area contributed by atoms with E-state index < -0.39 is 55.1 Å². The summed E-state index contributed by atoms with van der Waals surface area (Å²) in [6.45, 7) is 1.25. The zero-order valence-electron chi connectivity index (χ0n) is 13.3. The third kappa shape index (κ3) is 1.71. The van der Waals surface area contributed by atoms with E-state index in [2.05, 4.69) is 0 Å². The fraction of sp³-hybridized carbons (Fsp3) is 0.0526. The molecule has 0 aromatic heterocycles. The molecule has 0 heterocycles. The van der Waals surface area contributed by atoms with Gasteiger partial charge in [0.05, 0.1) is 10.8 Å². The zero-order valence-corrected chi connectivity index (χ0v) is 13.3. The van der Waals surface area contributed by atoms with Crippen molar-refractivity contribution in [1.82, 2.24) is 0 Å². The second-order valence-corrected chi connectivity index (χ2v) is 6.06. The summed E-state index contributed by atoms with van der Waals surface area (Å²) in [6, 6.07) is 4.80. The van der Waals surface area contributed by atoms with Crippen LogP contribution in [0.3, 0.4) is 0 Å². The molecular weight excluding hydrogens is 340 g/mol.